The van der Waals surface area contributed by atoms with Crippen molar-refractivity contribution in [2.24, 2.45) is 28.3 Å². The number of β-lactam (4-membered cyclic amide) rings is 1. The van der Waals surface area contributed by atoms with E-state index in [1.165, 1.54) is 27.7 Å². The number of amides is 3. The number of thioether (sulfide) groups is 1. The number of nitrogens with zero attached hydrogens (tertiary/aromatic N) is 7. The van der Waals surface area contributed by atoms with Crippen LogP contribution in [0.4, 0.5) is 0 Å². The molecule has 3 amide bonds. The quantitative estimate of drug-likeness (QED) is 0.112. The summed E-state index contributed by atoms with van der Waals surface area (Å²) in [5, 5.41) is 26.5. The zero-order valence-electron chi connectivity index (χ0n) is 21.6. The number of carboxylic acids is 1. The number of hydrogen-bond donors (Lipinski definition) is 5. The minimum atomic E-state index is -1.05. The number of aliphatic carboxylic acids is 1. The molecule has 4 aliphatic heterocycles. The Bertz CT molecular complexity index is 1160. The Kier molecular flexibility index (Phi) is 7.37. The summed E-state index contributed by atoms with van der Waals surface area (Å²) in [4.78, 5) is 58.0. The maximum absolute atomic E-state index is 13.2. The average Bonchev–Trinajstić information content (AvgIpc) is 3.56. The minimum Gasteiger partial charge on any atom is -0.480 e. The molecule has 0 saturated carbocycles. The number of aliphatic imine (C=N–C) groups is 1. The Morgan fingerprint density at radius 3 is 2.72 bits per heavy atom. The summed E-state index contributed by atoms with van der Waals surface area (Å²) in [6, 6.07) is -2.20. The van der Waals surface area contributed by atoms with Crippen LogP contribution in [0.5, 0.6) is 0 Å². The number of rotatable bonds is 9. The first-order valence-electron chi connectivity index (χ1n) is 12.9. The highest BCUT2D eigenvalue weighted by Crippen LogP contribution is 2.50. The Morgan fingerprint density at radius 1 is 1.33 bits per heavy atom. The van der Waals surface area contributed by atoms with E-state index in [0.29, 0.717) is 26.1 Å². The van der Waals surface area contributed by atoms with Crippen LogP contribution >= 0.6 is 11.8 Å². The summed E-state index contributed by atoms with van der Waals surface area (Å²) in [6.45, 7) is 5.14. The van der Waals surface area contributed by atoms with Crippen molar-refractivity contribution >= 4 is 41.4 Å². The third kappa shape index (κ3) is 5.11. The molecule has 1 aromatic heterocycles. The number of carbonyl (C=O) groups excluding carboxylic acids is 3. The first-order chi connectivity index (χ1) is 18.5. The first kappa shape index (κ1) is 27.1. The van der Waals surface area contributed by atoms with Crippen molar-refractivity contribution in [3.05, 3.63) is 6.33 Å². The van der Waals surface area contributed by atoms with Crippen LogP contribution < -0.4 is 22.1 Å². The van der Waals surface area contributed by atoms with E-state index in [9.17, 15) is 24.3 Å². The van der Waals surface area contributed by atoms with E-state index in [4.69, 9.17) is 11.5 Å². The molecule has 0 aromatic carbocycles. The molecular formula is C22H33N11O5S. The van der Waals surface area contributed by atoms with Crippen LogP contribution in [0.2, 0.25) is 0 Å². The number of hydrogen-bond acceptors (Lipinski definition) is 10. The largest absolute Gasteiger partial charge is 0.480 e. The van der Waals surface area contributed by atoms with E-state index in [1.807, 2.05) is 6.92 Å². The molecule has 1 aromatic rings. The molecule has 5 heterocycles. The Balaban J connectivity index is 1.18. The number of aromatic nitrogens is 4. The normalized spacial score (nSPS) is 32.7. The molecule has 0 spiro atoms. The lowest BCUT2D eigenvalue weighted by molar-refractivity contribution is -0.166. The van der Waals surface area contributed by atoms with Crippen molar-refractivity contribution < 1.29 is 24.3 Å². The number of fused-ring (bicyclic) bond motifs is 1. The Labute approximate surface area is 228 Å². The van der Waals surface area contributed by atoms with E-state index in [2.05, 4.69) is 31.2 Å². The fourth-order valence-corrected chi connectivity index (χ4v) is 7.97. The second-order valence-corrected chi connectivity index (χ2v) is 12.1. The summed E-state index contributed by atoms with van der Waals surface area (Å²) >= 11 is 1.53. The predicted octanol–water partition coefficient (Wildman–Crippen LogP) is -3.58. The average molecular weight is 564 g/mol. The van der Waals surface area contributed by atoms with Gasteiger partial charge in [0, 0.05) is 42.2 Å². The van der Waals surface area contributed by atoms with Gasteiger partial charge in [-0.3, -0.25) is 14.4 Å². The van der Waals surface area contributed by atoms with Gasteiger partial charge in [-0.05, 0) is 29.7 Å². The third-order valence-electron chi connectivity index (χ3n) is 8.02. The van der Waals surface area contributed by atoms with Crippen molar-refractivity contribution in [3.8, 4) is 0 Å². The molecule has 212 valence electrons. The lowest BCUT2D eigenvalue weighted by atomic mass is 9.78. The van der Waals surface area contributed by atoms with Gasteiger partial charge in [0.25, 0.3) is 0 Å². The van der Waals surface area contributed by atoms with E-state index >= 15 is 0 Å². The van der Waals surface area contributed by atoms with Gasteiger partial charge in [0.15, 0.2) is 5.96 Å². The molecule has 4 aliphatic rings. The molecule has 17 heteroatoms. The molecule has 0 radical (unpaired) electrons. The molecule has 0 bridgehead atoms. The van der Waals surface area contributed by atoms with E-state index < -0.39 is 24.0 Å². The minimum absolute atomic E-state index is 0.00718. The van der Waals surface area contributed by atoms with Gasteiger partial charge in [-0.1, -0.05) is 6.92 Å². The van der Waals surface area contributed by atoms with Crippen LogP contribution in [0.1, 0.15) is 20.3 Å². The van der Waals surface area contributed by atoms with Crippen LogP contribution in [-0.4, -0.2) is 125 Å². The molecule has 4 saturated heterocycles. The zero-order valence-corrected chi connectivity index (χ0v) is 22.4. The smallest absolute Gasteiger partial charge is 0.327 e. The topological polar surface area (TPSA) is 227 Å². The molecular weight excluding hydrogens is 530 g/mol. The number of tetrazole rings is 1. The Morgan fingerprint density at radius 2 is 2.08 bits per heavy atom. The van der Waals surface area contributed by atoms with E-state index in [-0.39, 0.29) is 64.8 Å². The maximum atomic E-state index is 13.2. The summed E-state index contributed by atoms with van der Waals surface area (Å²) in [5.41, 5.74) is 10.8. The van der Waals surface area contributed by atoms with Gasteiger partial charge in [0.05, 0.1) is 18.0 Å². The van der Waals surface area contributed by atoms with Gasteiger partial charge in [0.2, 0.25) is 17.7 Å². The van der Waals surface area contributed by atoms with Gasteiger partial charge < -0.3 is 37.0 Å². The van der Waals surface area contributed by atoms with Crippen LogP contribution in [0.25, 0.3) is 0 Å². The van der Waals surface area contributed by atoms with Crippen molar-refractivity contribution in [2.75, 3.05) is 19.6 Å². The molecule has 4 fully saturated rings. The van der Waals surface area contributed by atoms with Crippen LogP contribution in [0, 0.1) is 11.8 Å². The van der Waals surface area contributed by atoms with Crippen molar-refractivity contribution in [3.63, 3.8) is 0 Å². The number of nitrogens with one attached hydrogen (secondary N) is 2. The summed E-state index contributed by atoms with van der Waals surface area (Å²) < 4.78 is 1.28. The number of likely N-dealkylation sites (tertiary alicyclic amines) is 1. The zero-order chi connectivity index (χ0) is 28.0. The summed E-state index contributed by atoms with van der Waals surface area (Å²) in [6.07, 6.45) is 1.88. The van der Waals surface area contributed by atoms with Gasteiger partial charge in [0.1, 0.15) is 18.9 Å². The molecule has 8 atom stereocenters. The highest BCUT2D eigenvalue weighted by Gasteiger charge is 2.65. The van der Waals surface area contributed by atoms with Crippen molar-refractivity contribution in [1.29, 1.82) is 0 Å². The second-order valence-electron chi connectivity index (χ2n) is 10.6. The summed E-state index contributed by atoms with van der Waals surface area (Å²) in [7, 11) is 0. The van der Waals surface area contributed by atoms with Crippen LogP contribution in [0.15, 0.2) is 11.3 Å². The highest BCUT2D eigenvalue weighted by molar-refractivity contribution is 8.00. The highest BCUT2D eigenvalue weighted by atomic mass is 32.2. The predicted molar refractivity (Wildman–Crippen MR) is 138 cm³/mol. The maximum Gasteiger partial charge on any atom is 0.327 e. The van der Waals surface area contributed by atoms with Gasteiger partial charge in [-0.25, -0.2) is 14.5 Å². The monoisotopic (exact) mass is 563 g/mol. The lowest BCUT2D eigenvalue weighted by Gasteiger charge is -2.48. The van der Waals surface area contributed by atoms with Gasteiger partial charge in [-0.2, -0.15) is 11.8 Å². The number of carboxylic acid groups (broad SMARTS) is 1. The molecule has 7 N–H and O–H groups in total. The Hall–Kier alpha value is -3.47. The lowest BCUT2D eigenvalue weighted by Crippen LogP contribution is -2.68. The molecule has 5 rings (SSSR count). The molecule has 0 aliphatic carbocycles. The standard InChI is InChI=1S/C22H33N11O5S/c1-9-16-15(10(2)27-14(34)7-32-8-26-29-30-32)20(36)33(16)17(21(37)38)18(9)39-12-3-13(25-4-12)19(35)31-5-11(6-31)28-22(23)24/h8-13,15-18,25H,3-7H2,1-2H3,(H,27,34)(H,37,38)(H4,23,24,28)/t9-,10-,12+,13+,15-,16-,17+,18?/m1/s1. The van der Waals surface area contributed by atoms with Crippen LogP contribution in [0.3, 0.4) is 0 Å². The number of carbonyl (C=O) groups is 4. The molecule has 39 heavy (non-hydrogen) atoms. The fraction of sp³-hybridized carbons (Fsp3) is 0.727. The molecule has 16 nitrogen and oxygen atoms in total. The van der Waals surface area contributed by atoms with Crippen LogP contribution in [-0.2, 0) is 25.7 Å². The fourth-order valence-electron chi connectivity index (χ4n) is 6.22. The van der Waals surface area contributed by atoms with Gasteiger partial charge in [-0.15, -0.1) is 5.10 Å². The van der Waals surface area contributed by atoms with Crippen molar-refractivity contribution in [1.82, 2.24) is 40.6 Å². The SMILES string of the molecule is C[C@@H](NC(=O)Cn1cnnn1)[C@H]1C(=O)N2[C@@H]1[C@@H](C)C(S[C@@H]1CN[C@H](C(=O)N3CC(N=C(N)N)C3)C1)[C@H]2C(=O)O. The van der Waals surface area contributed by atoms with E-state index in [1.54, 1.807) is 11.8 Å². The third-order valence-corrected chi connectivity index (χ3v) is 9.76. The van der Waals surface area contributed by atoms with Crippen molar-refractivity contribution in [2.45, 2.75) is 67.5 Å². The number of guanidine groups is 1. The molecule has 1 unspecified atom stereocenters. The summed E-state index contributed by atoms with van der Waals surface area (Å²) in [5.74, 6) is -2.31. The second kappa shape index (κ2) is 10.6. The van der Waals surface area contributed by atoms with E-state index in [0.717, 1.165) is 0 Å². The first-order valence-corrected chi connectivity index (χ1v) is 13.8. The van der Waals surface area contributed by atoms with Gasteiger partial charge >= 0.3 is 5.97 Å². The number of nitrogens with two attached hydrogens (primary N) is 2.